The van der Waals surface area contributed by atoms with Crippen molar-refractivity contribution < 1.29 is 15.0 Å². The highest BCUT2D eigenvalue weighted by Crippen LogP contribution is 2.27. The Hall–Kier alpha value is -2.52. The third kappa shape index (κ3) is 5.30. The van der Waals surface area contributed by atoms with E-state index >= 15 is 0 Å². The summed E-state index contributed by atoms with van der Waals surface area (Å²) < 4.78 is 3.31. The minimum absolute atomic E-state index is 0.135. The average Bonchev–Trinajstić information content (AvgIpc) is 2.71. The molecule has 1 aromatic carbocycles. The third-order valence-corrected chi connectivity index (χ3v) is 5.94. The van der Waals surface area contributed by atoms with Crippen LogP contribution in [0.2, 0.25) is 0 Å². The highest BCUT2D eigenvalue weighted by molar-refractivity contribution is 8.03. The van der Waals surface area contributed by atoms with Crippen molar-refractivity contribution >= 4 is 35.5 Å². The first kappa shape index (κ1) is 22.8. The lowest BCUT2D eigenvalue weighted by molar-refractivity contribution is 0.102. The first-order valence-corrected chi connectivity index (χ1v) is 10.5. The molecular formula is C20H25N3O4S2. The molecule has 9 heteroatoms. The van der Waals surface area contributed by atoms with Crippen LogP contribution in [0, 0.1) is 11.6 Å². The number of hydrogen-bond donors (Lipinski definition) is 3. The molecule has 0 unspecified atom stereocenters. The summed E-state index contributed by atoms with van der Waals surface area (Å²) in [7, 11) is 3.31. The molecule has 0 atom stereocenters. The number of carbonyl (C=O) groups is 1. The molecule has 0 saturated heterocycles. The van der Waals surface area contributed by atoms with Gasteiger partial charge in [0.1, 0.15) is 4.64 Å². The topological polar surface area (TPSA) is 96.5 Å². The molecule has 0 aliphatic heterocycles. The average molecular weight is 436 g/mol. The minimum atomic E-state index is -0.329. The summed E-state index contributed by atoms with van der Waals surface area (Å²) in [6.45, 7) is 3.87. The summed E-state index contributed by atoms with van der Waals surface area (Å²) >= 11 is 6.75. The maximum absolute atomic E-state index is 12.5. The van der Waals surface area contributed by atoms with Crippen LogP contribution in [-0.2, 0) is 14.1 Å². The molecule has 0 bridgehead atoms. The van der Waals surface area contributed by atoms with E-state index in [2.05, 4.69) is 12.2 Å². The molecule has 156 valence electrons. The number of Topliss-reactive ketones (excluding diaryl/α,β-unsaturated/α-hetero) is 1. The Morgan fingerprint density at radius 3 is 2.55 bits per heavy atom. The van der Waals surface area contributed by atoms with Crippen LogP contribution in [0.3, 0.4) is 0 Å². The van der Waals surface area contributed by atoms with Gasteiger partial charge in [-0.25, -0.2) is 4.79 Å². The summed E-state index contributed by atoms with van der Waals surface area (Å²) in [5.74, 6) is -0.646. The lowest BCUT2D eigenvalue weighted by Crippen LogP contribution is -2.30. The highest BCUT2D eigenvalue weighted by atomic mass is 32.2. The maximum Gasteiger partial charge on any atom is 0.328 e. The molecule has 1 heterocycles. The fourth-order valence-corrected chi connectivity index (χ4v) is 3.70. The predicted octanol–water partition coefficient (Wildman–Crippen LogP) is 3.84. The Morgan fingerprint density at radius 1 is 1.24 bits per heavy atom. The number of nitrogens with one attached hydrogen (secondary N) is 1. The normalized spacial score (nSPS) is 11.5. The number of thioether (sulfide) groups is 1. The van der Waals surface area contributed by atoms with E-state index < -0.39 is 0 Å². The number of phenols is 2. The van der Waals surface area contributed by atoms with Crippen LogP contribution in [-0.4, -0.2) is 30.9 Å². The first-order chi connectivity index (χ1) is 13.7. The lowest BCUT2D eigenvalue weighted by atomic mass is 10.1. The number of aromatic hydroxyl groups is 2. The van der Waals surface area contributed by atoms with E-state index in [1.807, 2.05) is 13.0 Å². The van der Waals surface area contributed by atoms with Gasteiger partial charge in [-0.2, -0.15) is 0 Å². The van der Waals surface area contributed by atoms with Gasteiger partial charge in [-0.1, -0.05) is 31.6 Å². The van der Waals surface area contributed by atoms with Crippen LogP contribution >= 0.6 is 24.0 Å². The van der Waals surface area contributed by atoms with Gasteiger partial charge in [0, 0.05) is 25.4 Å². The molecular weight excluding hydrogens is 410 g/mol. The fourth-order valence-electron chi connectivity index (χ4n) is 2.56. The van der Waals surface area contributed by atoms with E-state index in [-0.39, 0.29) is 28.7 Å². The number of allylic oxidation sites excluding steroid dienone is 1. The third-order valence-electron chi connectivity index (χ3n) is 4.48. The molecule has 0 amide bonds. The largest absolute Gasteiger partial charge is 0.504 e. The second-order valence-electron chi connectivity index (χ2n) is 6.56. The molecule has 7 nitrogen and oxygen atoms in total. The van der Waals surface area contributed by atoms with Gasteiger partial charge in [0.05, 0.1) is 16.5 Å². The predicted molar refractivity (Wildman–Crippen MR) is 119 cm³/mol. The zero-order valence-corrected chi connectivity index (χ0v) is 18.5. The van der Waals surface area contributed by atoms with Gasteiger partial charge < -0.3 is 15.5 Å². The molecule has 1 aromatic heterocycles. The number of hydrogen-bond acceptors (Lipinski definition) is 7. The van der Waals surface area contributed by atoms with Crippen LogP contribution in [0.15, 0.2) is 34.1 Å². The summed E-state index contributed by atoms with van der Waals surface area (Å²) in [6.07, 6.45) is 3.74. The molecule has 2 aromatic rings. The van der Waals surface area contributed by atoms with E-state index in [4.69, 9.17) is 12.2 Å². The Balaban J connectivity index is 2.25. The van der Waals surface area contributed by atoms with Crippen LogP contribution in [0.4, 0.5) is 5.69 Å². The maximum atomic E-state index is 12.5. The number of nitrogens with zero attached hydrogens (tertiary/aromatic N) is 2. The smallest absolute Gasteiger partial charge is 0.328 e. The zero-order valence-electron chi connectivity index (χ0n) is 16.9. The van der Waals surface area contributed by atoms with Crippen LogP contribution < -0.4 is 11.0 Å². The molecule has 2 rings (SSSR count). The van der Waals surface area contributed by atoms with Crippen molar-refractivity contribution in [2.75, 3.05) is 11.1 Å². The van der Waals surface area contributed by atoms with Crippen molar-refractivity contribution in [3.05, 3.63) is 55.7 Å². The van der Waals surface area contributed by atoms with Gasteiger partial charge in [-0.3, -0.25) is 13.9 Å². The number of unbranched alkanes of at least 4 members (excludes halogenated alkanes) is 1. The number of phenolic OH excluding ortho intramolecular Hbond substituents is 2. The number of carbonyl (C=O) groups excluding carboxylic acids is 1. The zero-order chi connectivity index (χ0) is 21.7. The standard InChI is InChI=1S/C20H25N3O4S2/c1-5-6-7-17(21-18-12(2)22(3)20(27)23(4)19(18)28)29-11-16(26)13-8-9-14(24)15(25)10-13/h7-10,21,24-25H,5-6,11H2,1-4H3/b17-7-. The number of benzene rings is 1. The van der Waals surface area contributed by atoms with E-state index in [1.165, 1.54) is 39.1 Å². The van der Waals surface area contributed by atoms with Gasteiger partial charge in [0.25, 0.3) is 0 Å². The van der Waals surface area contributed by atoms with Crippen molar-refractivity contribution in [2.45, 2.75) is 26.7 Å². The van der Waals surface area contributed by atoms with Crippen LogP contribution in [0.1, 0.15) is 35.8 Å². The number of anilines is 1. The van der Waals surface area contributed by atoms with Gasteiger partial charge in [0.15, 0.2) is 17.3 Å². The van der Waals surface area contributed by atoms with Gasteiger partial charge >= 0.3 is 5.69 Å². The summed E-state index contributed by atoms with van der Waals surface area (Å²) in [5, 5.41) is 23.0. The molecule has 0 saturated carbocycles. The summed E-state index contributed by atoms with van der Waals surface area (Å²) in [5.41, 5.74) is 1.47. The molecule has 0 aliphatic carbocycles. The summed E-state index contributed by atoms with van der Waals surface area (Å²) in [6, 6.07) is 4.01. The fraction of sp³-hybridized carbons (Fsp3) is 0.350. The number of ketones is 1. The quantitative estimate of drug-likeness (QED) is 0.329. The highest BCUT2D eigenvalue weighted by Gasteiger charge is 2.14. The van der Waals surface area contributed by atoms with E-state index in [1.54, 1.807) is 14.1 Å². The molecule has 0 radical (unpaired) electrons. The monoisotopic (exact) mass is 435 g/mol. The van der Waals surface area contributed by atoms with Crippen LogP contribution in [0.5, 0.6) is 11.5 Å². The number of rotatable bonds is 8. The Bertz CT molecular complexity index is 1070. The molecule has 0 aliphatic rings. The van der Waals surface area contributed by atoms with E-state index in [0.29, 0.717) is 21.6 Å². The van der Waals surface area contributed by atoms with E-state index in [0.717, 1.165) is 17.9 Å². The Morgan fingerprint density at radius 2 is 1.93 bits per heavy atom. The number of aromatic nitrogens is 2. The van der Waals surface area contributed by atoms with Crippen molar-refractivity contribution in [2.24, 2.45) is 14.1 Å². The SMILES string of the molecule is CCC/C=C(/Nc1c(C)n(C)c(=O)n(C)c1=S)SCC(=O)c1ccc(O)c(O)c1. The molecule has 29 heavy (non-hydrogen) atoms. The van der Waals surface area contributed by atoms with Crippen LogP contribution in [0.25, 0.3) is 0 Å². The molecule has 0 spiro atoms. The van der Waals surface area contributed by atoms with Crippen molar-refractivity contribution in [3.8, 4) is 11.5 Å². The van der Waals surface area contributed by atoms with Gasteiger partial charge in [-0.05, 0) is 31.5 Å². The van der Waals surface area contributed by atoms with Crippen molar-refractivity contribution in [3.63, 3.8) is 0 Å². The first-order valence-electron chi connectivity index (χ1n) is 9.09. The second-order valence-corrected chi connectivity index (χ2v) is 7.97. The van der Waals surface area contributed by atoms with Gasteiger partial charge in [-0.15, -0.1) is 11.8 Å². The Labute approximate surface area is 178 Å². The van der Waals surface area contributed by atoms with Crippen molar-refractivity contribution in [1.82, 2.24) is 9.13 Å². The summed E-state index contributed by atoms with van der Waals surface area (Å²) in [4.78, 5) is 24.7. The lowest BCUT2D eigenvalue weighted by Gasteiger charge is -2.17. The van der Waals surface area contributed by atoms with Gasteiger partial charge in [0.2, 0.25) is 0 Å². The Kier molecular flexibility index (Phi) is 7.69. The van der Waals surface area contributed by atoms with E-state index in [9.17, 15) is 19.8 Å². The second kappa shape index (κ2) is 9.80. The molecule has 3 N–H and O–H groups in total. The minimum Gasteiger partial charge on any atom is -0.504 e. The van der Waals surface area contributed by atoms with Crippen molar-refractivity contribution in [1.29, 1.82) is 0 Å². The molecule has 0 fully saturated rings.